The van der Waals surface area contributed by atoms with Crippen molar-refractivity contribution in [1.29, 1.82) is 0 Å². The largest absolute Gasteiger partial charge is 0.808 e. The molecule has 2 radical (unpaired) electrons. The van der Waals surface area contributed by atoms with Gasteiger partial charge in [-0.2, -0.15) is 0 Å². The summed E-state index contributed by atoms with van der Waals surface area (Å²) in [4.78, 5) is 0.711. The van der Waals surface area contributed by atoms with Gasteiger partial charge in [-0.25, -0.2) is 0 Å². The predicted molar refractivity (Wildman–Crippen MR) is 48.0 cm³/mol. The van der Waals surface area contributed by atoms with Crippen molar-refractivity contribution in [2.75, 3.05) is 6.26 Å². The van der Waals surface area contributed by atoms with Crippen molar-refractivity contribution in [1.82, 2.24) is 0 Å². The van der Waals surface area contributed by atoms with E-state index in [9.17, 15) is 4.55 Å². The van der Waals surface area contributed by atoms with Crippen LogP contribution in [0.4, 0.5) is 0 Å². The fourth-order valence-electron chi connectivity index (χ4n) is 0.808. The van der Waals surface area contributed by atoms with Crippen LogP contribution in [-0.4, -0.2) is 10.8 Å². The highest BCUT2D eigenvalue weighted by molar-refractivity contribution is 8.29. The summed E-state index contributed by atoms with van der Waals surface area (Å²) in [5.74, 6) is 0. The molecular weight excluding hydrogens is 156 g/mol. The molecule has 0 bridgehead atoms. The zero-order valence-electron chi connectivity index (χ0n) is 6.70. The molecule has 1 aromatic rings. The maximum atomic E-state index is 11.3. The minimum absolute atomic E-state index is 0.711. The molecule has 1 rings (SSSR count). The minimum Gasteiger partial charge on any atom is -0.808 e. The fraction of sp³-hybridized carbons (Fsp3) is 0.222. The Morgan fingerprint density at radius 3 is 2.09 bits per heavy atom. The summed E-state index contributed by atoms with van der Waals surface area (Å²) >= 11 is 0. The van der Waals surface area contributed by atoms with Gasteiger partial charge in [0.05, 0.1) is 0 Å². The quantitative estimate of drug-likeness (QED) is 0.630. The van der Waals surface area contributed by atoms with Gasteiger partial charge in [0, 0.05) is 6.26 Å². The van der Waals surface area contributed by atoms with Gasteiger partial charge in [0.2, 0.25) is 0 Å². The van der Waals surface area contributed by atoms with Crippen LogP contribution in [0.3, 0.4) is 0 Å². The normalized spacial score (nSPS) is 13.1. The van der Waals surface area contributed by atoms with E-state index in [-0.39, 0.29) is 0 Å². The van der Waals surface area contributed by atoms with Crippen molar-refractivity contribution in [3.8, 4) is 0 Å². The third-order valence-electron chi connectivity index (χ3n) is 1.49. The summed E-state index contributed by atoms with van der Waals surface area (Å²) in [6, 6.07) is 7.42. The average molecular weight is 167 g/mol. The lowest BCUT2D eigenvalue weighted by Gasteiger charge is -2.38. The Morgan fingerprint density at radius 2 is 1.73 bits per heavy atom. The van der Waals surface area contributed by atoms with E-state index in [4.69, 9.17) is 6.26 Å². The molecule has 0 saturated heterocycles. The first-order chi connectivity index (χ1) is 5.00. The van der Waals surface area contributed by atoms with Crippen LogP contribution in [0.15, 0.2) is 29.2 Å². The van der Waals surface area contributed by atoms with Crippen molar-refractivity contribution in [2.45, 2.75) is 11.8 Å². The zero-order valence-corrected chi connectivity index (χ0v) is 7.52. The van der Waals surface area contributed by atoms with Crippen LogP contribution in [0, 0.1) is 13.2 Å². The molecule has 0 aliphatic heterocycles. The molecule has 1 nitrogen and oxygen atoms in total. The van der Waals surface area contributed by atoms with E-state index in [2.05, 4.69) is 0 Å². The molecule has 60 valence electrons. The standard InChI is InChI=1S/C9H12OS/c1-8-4-6-9(7-5-8)11(2,3)10/h2,4-7,10H,1,3H3/p-1. The summed E-state index contributed by atoms with van der Waals surface area (Å²) in [6.07, 6.45) is 6.97. The Labute approximate surface area is 69.6 Å². The molecule has 0 saturated carbocycles. The first-order valence-electron chi connectivity index (χ1n) is 3.34. The number of hydrogen-bond acceptors (Lipinski definition) is 1. The minimum atomic E-state index is -2.27. The zero-order chi connectivity index (χ0) is 8.48. The fourth-order valence-corrected chi connectivity index (χ4v) is 1.48. The van der Waals surface area contributed by atoms with Crippen molar-refractivity contribution in [2.24, 2.45) is 0 Å². The Morgan fingerprint density at radius 1 is 1.27 bits per heavy atom. The predicted octanol–water partition coefficient (Wildman–Crippen LogP) is 2.59. The number of rotatable bonds is 1. The lowest BCUT2D eigenvalue weighted by molar-refractivity contribution is 0.596. The van der Waals surface area contributed by atoms with Gasteiger partial charge in [-0.3, -0.25) is 10.3 Å². The maximum Gasteiger partial charge on any atom is 0.00215 e. The van der Waals surface area contributed by atoms with Crippen LogP contribution in [-0.2, 0) is 0 Å². The molecule has 11 heavy (non-hydrogen) atoms. The van der Waals surface area contributed by atoms with Crippen molar-refractivity contribution < 1.29 is 4.55 Å². The Bertz CT molecular complexity index is 233. The van der Waals surface area contributed by atoms with Crippen LogP contribution < -0.4 is 0 Å². The summed E-state index contributed by atoms with van der Waals surface area (Å²) in [5, 5.41) is 0. The molecule has 0 N–H and O–H groups in total. The molecule has 1 atom stereocenters. The molecule has 0 aliphatic carbocycles. The topological polar surface area (TPSA) is 23.1 Å². The van der Waals surface area contributed by atoms with Crippen LogP contribution in [0.5, 0.6) is 0 Å². The van der Waals surface area contributed by atoms with E-state index in [0.29, 0.717) is 4.90 Å². The summed E-state index contributed by atoms with van der Waals surface area (Å²) in [7, 11) is -2.27. The third-order valence-corrected chi connectivity index (χ3v) is 2.70. The van der Waals surface area contributed by atoms with E-state index < -0.39 is 10.3 Å². The van der Waals surface area contributed by atoms with E-state index in [1.165, 1.54) is 6.26 Å². The second kappa shape index (κ2) is 2.88. The van der Waals surface area contributed by atoms with Gasteiger partial charge in [0.15, 0.2) is 0 Å². The Hall–Kier alpha value is -0.470. The van der Waals surface area contributed by atoms with Gasteiger partial charge in [-0.15, -0.1) is 0 Å². The Kier molecular flexibility index (Phi) is 2.25. The van der Waals surface area contributed by atoms with Gasteiger partial charge in [-0.1, -0.05) is 29.8 Å². The van der Waals surface area contributed by atoms with E-state index in [0.717, 1.165) is 5.56 Å². The van der Waals surface area contributed by atoms with Crippen molar-refractivity contribution >= 4 is 10.3 Å². The molecule has 0 aromatic heterocycles. The highest BCUT2D eigenvalue weighted by Gasteiger charge is 1.99. The van der Waals surface area contributed by atoms with Crippen molar-refractivity contribution in [3.63, 3.8) is 0 Å². The second-order valence-corrected chi connectivity index (χ2v) is 5.00. The first-order valence-corrected chi connectivity index (χ1v) is 5.37. The molecule has 0 amide bonds. The van der Waals surface area contributed by atoms with Gasteiger partial charge in [0.25, 0.3) is 0 Å². The van der Waals surface area contributed by atoms with E-state index >= 15 is 0 Å². The summed E-state index contributed by atoms with van der Waals surface area (Å²) in [6.45, 7) is 1.98. The van der Waals surface area contributed by atoms with Crippen molar-refractivity contribution in [3.05, 3.63) is 36.1 Å². The van der Waals surface area contributed by atoms with Gasteiger partial charge in [0.1, 0.15) is 0 Å². The number of aryl methyl sites for hydroxylation is 1. The molecule has 1 unspecified atom stereocenters. The third kappa shape index (κ3) is 2.24. The molecule has 0 spiro atoms. The molecule has 1 aromatic carbocycles. The molecule has 2 heteroatoms. The second-order valence-electron chi connectivity index (χ2n) is 2.72. The molecular formula is C9H11OS-. The summed E-state index contributed by atoms with van der Waals surface area (Å²) < 4.78 is 11.3. The van der Waals surface area contributed by atoms with Crippen LogP contribution in [0.2, 0.25) is 0 Å². The molecule has 0 fully saturated rings. The van der Waals surface area contributed by atoms with Gasteiger partial charge in [-0.05, 0) is 18.1 Å². The highest BCUT2D eigenvalue weighted by Crippen LogP contribution is 2.45. The lowest BCUT2D eigenvalue weighted by Crippen LogP contribution is -1.90. The average Bonchev–Trinajstić information content (AvgIpc) is 1.86. The monoisotopic (exact) mass is 167 g/mol. The van der Waals surface area contributed by atoms with Crippen LogP contribution in [0.25, 0.3) is 0 Å². The number of hydrogen-bond donors (Lipinski definition) is 0. The van der Waals surface area contributed by atoms with Crippen LogP contribution in [0.1, 0.15) is 5.56 Å². The Balaban J connectivity index is 2.99. The lowest BCUT2D eigenvalue weighted by atomic mass is 10.2. The maximum absolute atomic E-state index is 11.3. The SMILES string of the molecule is [CH]S(C)([O-])c1ccc(C)cc1. The van der Waals surface area contributed by atoms with Crippen LogP contribution >= 0.6 is 10.3 Å². The van der Waals surface area contributed by atoms with E-state index in [1.807, 2.05) is 19.1 Å². The van der Waals surface area contributed by atoms with Gasteiger partial charge >= 0.3 is 0 Å². The van der Waals surface area contributed by atoms with Gasteiger partial charge < -0.3 is 4.55 Å². The number of benzene rings is 1. The molecule has 0 aliphatic rings. The summed E-state index contributed by atoms with van der Waals surface area (Å²) in [5.41, 5.74) is 1.15. The first kappa shape index (κ1) is 8.62. The molecule has 0 heterocycles. The van der Waals surface area contributed by atoms with E-state index in [1.54, 1.807) is 12.1 Å². The smallest absolute Gasteiger partial charge is 0.00215 e. The highest BCUT2D eigenvalue weighted by atomic mass is 32.3.